The molecule has 142 valence electrons. The lowest BCUT2D eigenvalue weighted by atomic mass is 10.1. The van der Waals surface area contributed by atoms with Gasteiger partial charge in [0, 0.05) is 13.0 Å². The van der Waals surface area contributed by atoms with Gasteiger partial charge in [-0.25, -0.2) is 0 Å². The van der Waals surface area contributed by atoms with Crippen LogP contribution in [0.3, 0.4) is 0 Å². The highest BCUT2D eigenvalue weighted by Gasteiger charge is 2.41. The molecule has 0 aliphatic rings. The summed E-state index contributed by atoms with van der Waals surface area (Å²) in [6.07, 6.45) is 1.85. The summed E-state index contributed by atoms with van der Waals surface area (Å²) in [5.74, 6) is 3.99. The van der Waals surface area contributed by atoms with Crippen LogP contribution >= 0.6 is 0 Å². The molecule has 0 atom stereocenters. The second-order valence-electron chi connectivity index (χ2n) is 7.63. The number of rotatable bonds is 6. The van der Waals surface area contributed by atoms with Gasteiger partial charge in [0.05, 0.1) is 12.8 Å². The minimum Gasteiger partial charge on any atom is -0.497 e. The minimum atomic E-state index is -1.79. The van der Waals surface area contributed by atoms with Crippen LogP contribution in [0.15, 0.2) is 30.3 Å². The summed E-state index contributed by atoms with van der Waals surface area (Å²) in [6, 6.07) is 7.63. The molecule has 0 fully saturated rings. The van der Waals surface area contributed by atoms with Crippen LogP contribution in [0.4, 0.5) is 0 Å². The normalized spacial score (nSPS) is 12.2. The van der Waals surface area contributed by atoms with Crippen molar-refractivity contribution >= 4 is 19.7 Å². The van der Waals surface area contributed by atoms with E-state index < -0.39 is 8.07 Å². The number of carbonyl (C=O) groups excluding carboxylic acids is 1. The number of hydrogen-bond acceptors (Lipinski definition) is 2. The molecule has 0 aliphatic carbocycles. The van der Waals surface area contributed by atoms with Gasteiger partial charge in [0.2, 0.25) is 5.91 Å². The Morgan fingerprint density at radius 3 is 1.92 bits per heavy atom. The van der Waals surface area contributed by atoms with Gasteiger partial charge in [0.1, 0.15) is 13.8 Å². The molecular formula is C22H33NO2Si. The maximum absolute atomic E-state index is 11.6. The first kappa shape index (κ1) is 22.0. The molecule has 4 heteroatoms. The number of methoxy groups -OCH3 is 1. The topological polar surface area (TPSA) is 38.3 Å². The van der Waals surface area contributed by atoms with Crippen molar-refractivity contribution in [3.05, 3.63) is 35.9 Å². The zero-order valence-corrected chi connectivity index (χ0v) is 18.4. The first-order valence-electron chi connectivity index (χ1n) is 9.30. The zero-order chi connectivity index (χ0) is 19.9. The van der Waals surface area contributed by atoms with Crippen LogP contribution < -0.4 is 10.1 Å². The molecule has 1 N–H and O–H groups in total. The number of ether oxygens (including phenoxy) is 1. The standard InChI is InChI=1S/C22H33NO2Si/c1-16(2)26(17(3)4,18(5)6)15-9-10-22(23-19(7)24)20-11-13-21(25-8)14-12-20/h10-14,16-18H,1-8H3,(H,23,24)/b22-10-. The van der Waals surface area contributed by atoms with Crippen molar-refractivity contribution in [2.45, 2.75) is 65.1 Å². The summed E-state index contributed by atoms with van der Waals surface area (Å²) in [5.41, 5.74) is 7.04. The monoisotopic (exact) mass is 371 g/mol. The zero-order valence-electron chi connectivity index (χ0n) is 17.4. The Bertz CT molecular complexity index is 669. The number of amides is 1. The molecule has 0 saturated carbocycles. The van der Waals surface area contributed by atoms with Crippen molar-refractivity contribution in [2.75, 3.05) is 7.11 Å². The maximum atomic E-state index is 11.6. The van der Waals surface area contributed by atoms with Gasteiger partial charge in [-0.1, -0.05) is 47.5 Å². The van der Waals surface area contributed by atoms with Gasteiger partial charge in [0.15, 0.2) is 0 Å². The Kier molecular flexibility index (Phi) is 8.17. The van der Waals surface area contributed by atoms with Crippen molar-refractivity contribution in [1.82, 2.24) is 5.32 Å². The van der Waals surface area contributed by atoms with Crippen LogP contribution in [0.5, 0.6) is 5.75 Å². The SMILES string of the molecule is COc1ccc(/C(=C/C#C[Si](C(C)C)(C(C)C)C(C)C)NC(C)=O)cc1. The fraction of sp³-hybridized carbons (Fsp3) is 0.500. The van der Waals surface area contributed by atoms with E-state index in [2.05, 4.69) is 58.3 Å². The minimum absolute atomic E-state index is 0.103. The van der Waals surface area contributed by atoms with Gasteiger partial charge in [-0.05, 0) is 46.5 Å². The number of hydrogen-bond donors (Lipinski definition) is 1. The van der Waals surface area contributed by atoms with Crippen LogP contribution in [0.1, 0.15) is 54.0 Å². The lowest BCUT2D eigenvalue weighted by molar-refractivity contribution is -0.117. The molecule has 3 nitrogen and oxygen atoms in total. The number of nitrogens with one attached hydrogen (secondary N) is 1. The Labute approximate surface area is 160 Å². The Hall–Kier alpha value is -1.99. The van der Waals surface area contributed by atoms with Gasteiger partial charge in [-0.3, -0.25) is 4.79 Å². The molecule has 1 aromatic rings. The van der Waals surface area contributed by atoms with Gasteiger partial charge in [0.25, 0.3) is 0 Å². The van der Waals surface area contributed by atoms with Crippen LogP contribution in [0.2, 0.25) is 16.6 Å². The molecule has 0 saturated heterocycles. The van der Waals surface area contributed by atoms with E-state index in [1.54, 1.807) is 7.11 Å². The summed E-state index contributed by atoms with van der Waals surface area (Å²) < 4.78 is 5.21. The smallest absolute Gasteiger partial charge is 0.221 e. The average Bonchev–Trinajstić information content (AvgIpc) is 2.56. The molecular weight excluding hydrogens is 338 g/mol. The number of allylic oxidation sites excluding steroid dienone is 1. The molecule has 0 unspecified atom stereocenters. The fourth-order valence-electron chi connectivity index (χ4n) is 3.82. The molecule has 0 heterocycles. The predicted octanol–water partition coefficient (Wildman–Crippen LogP) is 5.39. The lowest BCUT2D eigenvalue weighted by Crippen LogP contribution is -2.43. The Morgan fingerprint density at radius 1 is 1.04 bits per heavy atom. The van der Waals surface area contributed by atoms with E-state index in [0.717, 1.165) is 17.0 Å². The van der Waals surface area contributed by atoms with E-state index in [9.17, 15) is 4.79 Å². The average molecular weight is 372 g/mol. The van der Waals surface area contributed by atoms with Gasteiger partial charge >= 0.3 is 0 Å². The Balaban J connectivity index is 3.33. The van der Waals surface area contributed by atoms with Crippen LogP contribution in [-0.4, -0.2) is 21.1 Å². The number of carbonyl (C=O) groups is 1. The molecule has 0 bridgehead atoms. The quantitative estimate of drug-likeness (QED) is 0.537. The first-order chi connectivity index (χ1) is 12.1. The van der Waals surface area contributed by atoms with Crippen LogP contribution in [-0.2, 0) is 4.79 Å². The van der Waals surface area contributed by atoms with Crippen molar-refractivity contribution < 1.29 is 9.53 Å². The predicted molar refractivity (Wildman–Crippen MR) is 114 cm³/mol. The van der Waals surface area contributed by atoms with Crippen molar-refractivity contribution in [1.29, 1.82) is 0 Å². The summed E-state index contributed by atoms with van der Waals surface area (Å²) in [6.45, 7) is 15.3. The Morgan fingerprint density at radius 2 is 1.54 bits per heavy atom. The molecule has 1 amide bonds. The maximum Gasteiger partial charge on any atom is 0.221 e. The van der Waals surface area contributed by atoms with Crippen molar-refractivity contribution in [3.63, 3.8) is 0 Å². The van der Waals surface area contributed by atoms with E-state index in [-0.39, 0.29) is 5.91 Å². The molecule has 1 aromatic carbocycles. The van der Waals surface area contributed by atoms with E-state index in [4.69, 9.17) is 4.74 Å². The highest BCUT2D eigenvalue weighted by Crippen LogP contribution is 2.40. The van der Waals surface area contributed by atoms with Crippen molar-refractivity contribution in [3.8, 4) is 17.2 Å². The summed E-state index contributed by atoms with van der Waals surface area (Å²) in [7, 11) is -0.151. The van der Waals surface area contributed by atoms with Crippen LogP contribution in [0.25, 0.3) is 5.70 Å². The molecule has 26 heavy (non-hydrogen) atoms. The summed E-state index contributed by atoms with van der Waals surface area (Å²) in [4.78, 5) is 11.6. The molecule has 0 spiro atoms. The third kappa shape index (κ3) is 5.25. The lowest BCUT2D eigenvalue weighted by Gasteiger charge is -2.38. The third-order valence-electron chi connectivity index (χ3n) is 5.08. The van der Waals surface area contributed by atoms with Crippen LogP contribution in [0, 0.1) is 11.5 Å². The summed E-state index contributed by atoms with van der Waals surface area (Å²) in [5, 5.41) is 2.90. The molecule has 1 rings (SSSR count). The van der Waals surface area contributed by atoms with E-state index in [1.807, 2.05) is 30.3 Å². The van der Waals surface area contributed by atoms with E-state index in [1.165, 1.54) is 6.92 Å². The third-order valence-corrected chi connectivity index (χ3v) is 11.4. The van der Waals surface area contributed by atoms with Gasteiger partial charge < -0.3 is 10.1 Å². The summed E-state index contributed by atoms with van der Waals surface area (Å²) >= 11 is 0. The van der Waals surface area contributed by atoms with E-state index in [0.29, 0.717) is 16.6 Å². The highest BCUT2D eigenvalue weighted by atomic mass is 28.3. The highest BCUT2D eigenvalue weighted by molar-refractivity contribution is 6.90. The molecule has 0 aliphatic heterocycles. The van der Waals surface area contributed by atoms with Gasteiger partial charge in [-0.15, -0.1) is 5.54 Å². The molecule has 0 aromatic heterocycles. The largest absolute Gasteiger partial charge is 0.497 e. The first-order valence-corrected chi connectivity index (χ1v) is 11.5. The van der Waals surface area contributed by atoms with Gasteiger partial charge in [-0.2, -0.15) is 0 Å². The van der Waals surface area contributed by atoms with E-state index >= 15 is 0 Å². The van der Waals surface area contributed by atoms with Crippen molar-refractivity contribution in [2.24, 2.45) is 0 Å². The second-order valence-corrected chi connectivity index (χ2v) is 13.2. The molecule has 0 radical (unpaired) electrons. The fourth-order valence-corrected chi connectivity index (χ4v) is 9.01. The number of benzene rings is 1. The second kappa shape index (κ2) is 9.63.